The first-order valence-electron chi connectivity index (χ1n) is 10.8. The molecule has 10 nitrogen and oxygen atoms in total. The summed E-state index contributed by atoms with van der Waals surface area (Å²) in [4.78, 5) is 34.3. The molecular formula is C22H29N6O4-. The molecule has 2 heterocycles. The summed E-state index contributed by atoms with van der Waals surface area (Å²) in [6.07, 6.45) is 3.40. The number of benzene rings is 1. The van der Waals surface area contributed by atoms with Crippen molar-refractivity contribution >= 4 is 23.0 Å². The number of rotatable bonds is 13. The molecule has 0 aliphatic carbocycles. The molecule has 10 heteroatoms. The fourth-order valence-electron chi connectivity index (χ4n) is 3.38. The number of carbonyl (C=O) groups is 1. The molecule has 0 aliphatic heterocycles. The van der Waals surface area contributed by atoms with Gasteiger partial charge in [-0.15, -0.1) is 0 Å². The summed E-state index contributed by atoms with van der Waals surface area (Å²) in [5, 5.41) is 14.1. The average molecular weight is 442 g/mol. The van der Waals surface area contributed by atoms with E-state index in [1.165, 1.54) is 0 Å². The number of hydrogen-bond donors (Lipinski definition) is 3. The van der Waals surface area contributed by atoms with Crippen molar-refractivity contribution in [1.29, 1.82) is 0 Å². The van der Waals surface area contributed by atoms with E-state index in [0.29, 0.717) is 30.9 Å². The zero-order valence-electron chi connectivity index (χ0n) is 18.2. The van der Waals surface area contributed by atoms with Crippen LogP contribution in [0.5, 0.6) is 6.01 Å². The molecule has 0 aliphatic rings. The number of imidazole rings is 1. The van der Waals surface area contributed by atoms with Gasteiger partial charge in [-0.25, -0.2) is 4.79 Å². The van der Waals surface area contributed by atoms with Crippen LogP contribution < -0.4 is 26.6 Å². The number of carbonyl (C=O) groups excluding carboxylic acids is 1. The smallest absolute Gasteiger partial charge is 0.327 e. The summed E-state index contributed by atoms with van der Waals surface area (Å²) < 4.78 is 7.11. The summed E-state index contributed by atoms with van der Waals surface area (Å²) in [6.45, 7) is 4.44. The molecule has 0 saturated carbocycles. The molecule has 3 aromatic rings. The fraction of sp³-hybridized carbons (Fsp3) is 0.455. The highest BCUT2D eigenvalue weighted by Crippen LogP contribution is 2.18. The maximum atomic E-state index is 12.4. The van der Waals surface area contributed by atoms with Crippen LogP contribution in [0, 0.1) is 0 Å². The van der Waals surface area contributed by atoms with E-state index in [-0.39, 0.29) is 23.9 Å². The van der Waals surface area contributed by atoms with E-state index in [0.717, 1.165) is 43.4 Å². The van der Waals surface area contributed by atoms with Crippen LogP contribution in [0.2, 0.25) is 0 Å². The van der Waals surface area contributed by atoms with Crippen molar-refractivity contribution in [2.75, 3.05) is 18.9 Å². The van der Waals surface area contributed by atoms with Crippen molar-refractivity contribution in [3.05, 3.63) is 45.9 Å². The lowest BCUT2D eigenvalue weighted by molar-refractivity contribution is -0.304. The van der Waals surface area contributed by atoms with Gasteiger partial charge in [0, 0.05) is 25.5 Å². The Kier molecular flexibility index (Phi) is 8.20. The highest BCUT2D eigenvalue weighted by atomic mass is 16.5. The lowest BCUT2D eigenvalue weighted by Crippen LogP contribution is -2.24. The van der Waals surface area contributed by atoms with E-state index in [4.69, 9.17) is 10.5 Å². The van der Waals surface area contributed by atoms with Gasteiger partial charge in [-0.05, 0) is 36.9 Å². The minimum absolute atomic E-state index is 0.0906. The summed E-state index contributed by atoms with van der Waals surface area (Å²) in [7, 11) is 0. The summed E-state index contributed by atoms with van der Waals surface area (Å²) in [6, 6.07) is 7.60. The van der Waals surface area contributed by atoms with Crippen LogP contribution in [0.1, 0.15) is 43.7 Å². The average Bonchev–Trinajstić information content (AvgIpc) is 3.06. The number of nitrogens with one attached hydrogen (secondary N) is 2. The lowest BCUT2D eigenvalue weighted by atomic mass is 10.1. The Bertz CT molecular complexity index is 1110. The maximum Gasteiger partial charge on any atom is 0.327 e. The lowest BCUT2D eigenvalue weighted by Gasteiger charge is -2.08. The number of H-pyrrole nitrogens is 1. The number of ether oxygens (including phenoxy) is 1. The minimum atomic E-state index is -1.09. The molecule has 0 unspecified atom stereocenters. The molecule has 172 valence electrons. The molecule has 0 spiro atoms. The predicted molar refractivity (Wildman–Crippen MR) is 119 cm³/mol. The van der Waals surface area contributed by atoms with Gasteiger partial charge in [0.05, 0.1) is 6.61 Å². The second-order valence-electron chi connectivity index (χ2n) is 7.63. The number of hydrogen-bond acceptors (Lipinski definition) is 8. The van der Waals surface area contributed by atoms with Crippen LogP contribution in [0.25, 0.3) is 11.2 Å². The molecule has 2 aromatic heterocycles. The molecule has 0 radical (unpaired) electrons. The number of fused-ring (bicyclic) bond motifs is 1. The molecule has 0 saturated heterocycles. The maximum absolute atomic E-state index is 12.4. The Morgan fingerprint density at radius 2 is 2.06 bits per heavy atom. The van der Waals surface area contributed by atoms with Gasteiger partial charge >= 0.3 is 11.7 Å². The number of aryl methyl sites for hydroxylation is 1. The van der Waals surface area contributed by atoms with Crippen LogP contribution >= 0.6 is 0 Å². The van der Waals surface area contributed by atoms with E-state index >= 15 is 0 Å². The highest BCUT2D eigenvalue weighted by molar-refractivity contribution is 5.81. The predicted octanol–water partition coefficient (Wildman–Crippen LogP) is 0.743. The number of aromatic amines is 1. The van der Waals surface area contributed by atoms with Crippen molar-refractivity contribution in [2.45, 2.75) is 52.1 Å². The summed E-state index contributed by atoms with van der Waals surface area (Å²) >= 11 is 0. The Balaban J connectivity index is 1.51. The largest absolute Gasteiger partial charge is 0.550 e. The molecule has 1 aromatic carbocycles. The third-order valence-corrected chi connectivity index (χ3v) is 5.01. The first-order valence-corrected chi connectivity index (χ1v) is 10.8. The zero-order valence-corrected chi connectivity index (χ0v) is 18.2. The normalized spacial score (nSPS) is 11.2. The first-order chi connectivity index (χ1) is 15.5. The Labute approximate surface area is 185 Å². The Morgan fingerprint density at radius 1 is 1.25 bits per heavy atom. The number of nitrogen functional groups attached to an aromatic ring is 1. The molecule has 0 atom stereocenters. The topological polar surface area (TPSA) is 151 Å². The number of nitrogens with zero attached hydrogens (tertiary/aromatic N) is 3. The van der Waals surface area contributed by atoms with Gasteiger partial charge in [0.2, 0.25) is 0 Å². The second-order valence-corrected chi connectivity index (χ2v) is 7.63. The zero-order chi connectivity index (χ0) is 22.9. The third-order valence-electron chi connectivity index (χ3n) is 5.01. The SMILES string of the molecule is CCCCOc1nc(N)c2[nH]c(=O)n(CCCCNCc3cccc(CC(=O)[O-])c3)c2n1. The Morgan fingerprint density at radius 3 is 2.84 bits per heavy atom. The third kappa shape index (κ3) is 6.30. The monoisotopic (exact) mass is 441 g/mol. The van der Waals surface area contributed by atoms with Crippen LogP contribution in [-0.4, -0.2) is 38.6 Å². The van der Waals surface area contributed by atoms with Crippen LogP contribution in [0.4, 0.5) is 5.82 Å². The number of aliphatic carboxylic acids is 1. The Hall–Kier alpha value is -3.40. The number of unbranched alkanes of at least 4 members (excludes halogenated alkanes) is 2. The van der Waals surface area contributed by atoms with Gasteiger partial charge < -0.3 is 30.7 Å². The first kappa shape index (κ1) is 23.3. The number of aromatic nitrogens is 4. The van der Waals surface area contributed by atoms with E-state index in [1.807, 2.05) is 18.2 Å². The number of nitrogens with two attached hydrogens (primary N) is 1. The standard InChI is InChI=1S/C22H30N6O4/c1-2-3-11-32-21-26-19(23)18-20(27-21)28(22(31)25-18)10-5-4-9-24-14-16-8-6-7-15(12-16)13-17(29)30/h6-8,12,24H,2-5,9-11,13-14H2,1H3,(H,25,31)(H,29,30)(H2,23,26,27)/p-1. The van der Waals surface area contributed by atoms with Crippen LogP contribution in [-0.2, 0) is 24.3 Å². The molecule has 32 heavy (non-hydrogen) atoms. The van der Waals surface area contributed by atoms with Crippen molar-refractivity contribution in [1.82, 2.24) is 24.8 Å². The summed E-state index contributed by atoms with van der Waals surface area (Å²) in [5.74, 6) is -0.894. The van der Waals surface area contributed by atoms with Crippen LogP contribution in [0.15, 0.2) is 29.1 Å². The van der Waals surface area contributed by atoms with Gasteiger partial charge in [0.25, 0.3) is 0 Å². The second kappa shape index (κ2) is 11.3. The van der Waals surface area contributed by atoms with Crippen molar-refractivity contribution in [2.24, 2.45) is 0 Å². The molecular weight excluding hydrogens is 412 g/mol. The van der Waals surface area contributed by atoms with E-state index in [9.17, 15) is 14.7 Å². The van der Waals surface area contributed by atoms with Crippen molar-refractivity contribution in [3.63, 3.8) is 0 Å². The molecule has 0 fully saturated rings. The van der Waals surface area contributed by atoms with Gasteiger partial charge in [0.15, 0.2) is 11.5 Å². The molecule has 3 rings (SSSR count). The quantitative estimate of drug-likeness (QED) is 0.329. The van der Waals surface area contributed by atoms with Gasteiger partial charge in [0.1, 0.15) is 5.52 Å². The van der Waals surface area contributed by atoms with Gasteiger partial charge in [-0.1, -0.05) is 37.6 Å². The molecule has 0 amide bonds. The highest BCUT2D eigenvalue weighted by Gasteiger charge is 2.14. The van der Waals surface area contributed by atoms with E-state index in [2.05, 4.69) is 27.2 Å². The van der Waals surface area contributed by atoms with Crippen molar-refractivity contribution in [3.8, 4) is 6.01 Å². The van der Waals surface area contributed by atoms with Crippen LogP contribution in [0.3, 0.4) is 0 Å². The van der Waals surface area contributed by atoms with E-state index < -0.39 is 5.97 Å². The fourth-order valence-corrected chi connectivity index (χ4v) is 3.38. The minimum Gasteiger partial charge on any atom is -0.550 e. The number of anilines is 1. The number of carboxylic acids is 1. The summed E-state index contributed by atoms with van der Waals surface area (Å²) in [5.41, 5.74) is 8.31. The molecule has 4 N–H and O–H groups in total. The molecule has 0 bridgehead atoms. The van der Waals surface area contributed by atoms with Gasteiger partial charge in [-0.2, -0.15) is 9.97 Å². The van der Waals surface area contributed by atoms with Crippen molar-refractivity contribution < 1.29 is 14.6 Å². The van der Waals surface area contributed by atoms with Gasteiger partial charge in [-0.3, -0.25) is 4.57 Å². The number of carboxylic acid groups (broad SMARTS) is 1. The van der Waals surface area contributed by atoms with E-state index in [1.54, 1.807) is 10.6 Å².